The van der Waals surface area contributed by atoms with E-state index in [-0.39, 0.29) is 17.8 Å². The van der Waals surface area contributed by atoms with Gasteiger partial charge in [-0.3, -0.25) is 0 Å². The topological polar surface area (TPSA) is 92.8 Å². The van der Waals surface area contributed by atoms with Crippen LogP contribution in [0.3, 0.4) is 0 Å². The van der Waals surface area contributed by atoms with Gasteiger partial charge in [0.25, 0.3) is 0 Å². The molecule has 0 aromatic heterocycles. The molecule has 2 saturated heterocycles. The lowest BCUT2D eigenvalue weighted by atomic mass is 9.78. The van der Waals surface area contributed by atoms with Gasteiger partial charge in [-0.2, -0.15) is 0 Å². The highest BCUT2D eigenvalue weighted by Gasteiger charge is 2.60. The van der Waals surface area contributed by atoms with Crippen LogP contribution in [-0.4, -0.2) is 56.5 Å². The number of hydrogen-bond donors (Lipinski definition) is 0. The first kappa shape index (κ1) is 29.3. The summed E-state index contributed by atoms with van der Waals surface area (Å²) in [6.45, 7) is 7.47. The van der Waals surface area contributed by atoms with Gasteiger partial charge in [0.15, 0.2) is 12.1 Å². The number of esters is 2. The van der Waals surface area contributed by atoms with Crippen LogP contribution in [0.1, 0.15) is 33.3 Å². The van der Waals surface area contributed by atoms with Crippen molar-refractivity contribution in [3.63, 3.8) is 0 Å². The monoisotopic (exact) mass is 583 g/mol. The third-order valence-electron chi connectivity index (χ3n) is 7.61. The minimum Gasteiger partial charge on any atom is -0.466 e. The number of carbonyl (C=O) groups excluding carboxylic acids is 2. The van der Waals surface area contributed by atoms with E-state index in [2.05, 4.69) is 0 Å². The Hall–Kier alpha value is -3.21. The van der Waals surface area contributed by atoms with Crippen LogP contribution in [0.15, 0.2) is 77.1 Å². The largest absolute Gasteiger partial charge is 0.466 e. The first-order valence-electron chi connectivity index (χ1n) is 13.4. The Kier molecular flexibility index (Phi) is 8.27. The Labute approximate surface area is 244 Å². The van der Waals surface area contributed by atoms with E-state index in [1.807, 2.05) is 47.4 Å². The quantitative estimate of drug-likeness (QED) is 0.411. The van der Waals surface area contributed by atoms with Crippen molar-refractivity contribution in [1.29, 1.82) is 0 Å². The van der Waals surface area contributed by atoms with Crippen molar-refractivity contribution in [2.24, 2.45) is 5.92 Å². The minimum atomic E-state index is -0.903. The van der Waals surface area contributed by atoms with Crippen LogP contribution in [-0.2, 0) is 44.6 Å². The fourth-order valence-corrected chi connectivity index (χ4v) is 6.02. The average Bonchev–Trinajstić information content (AvgIpc) is 3.43. The third kappa shape index (κ3) is 5.52. The van der Waals surface area contributed by atoms with E-state index in [1.165, 1.54) is 14.2 Å². The van der Waals surface area contributed by atoms with Crippen molar-refractivity contribution in [2.75, 3.05) is 19.1 Å². The predicted molar refractivity (Wildman–Crippen MR) is 151 cm³/mol. The molecule has 5 rings (SSSR count). The number of methoxy groups -OCH3 is 2. The van der Waals surface area contributed by atoms with Gasteiger partial charge in [0.2, 0.25) is 0 Å². The van der Waals surface area contributed by atoms with Crippen molar-refractivity contribution < 1.29 is 38.0 Å². The highest BCUT2D eigenvalue weighted by Crippen LogP contribution is 2.48. The van der Waals surface area contributed by atoms with Gasteiger partial charge in [0.05, 0.1) is 37.9 Å². The fourth-order valence-electron chi connectivity index (χ4n) is 5.89. The molecule has 2 aromatic carbocycles. The number of hydrogen-bond acceptors (Lipinski definition) is 9. The fraction of sp³-hybridized carbons (Fsp3) is 0.419. The molecular weight excluding hydrogens is 550 g/mol. The van der Waals surface area contributed by atoms with Crippen molar-refractivity contribution in [2.45, 2.75) is 64.7 Å². The van der Waals surface area contributed by atoms with Crippen LogP contribution >= 0.6 is 11.6 Å². The summed E-state index contributed by atoms with van der Waals surface area (Å²) in [5, 5.41) is 0.556. The number of ether oxygens (including phenoxy) is 6. The molecule has 3 aliphatic heterocycles. The van der Waals surface area contributed by atoms with E-state index < -0.39 is 48.2 Å². The first-order valence-corrected chi connectivity index (χ1v) is 13.7. The lowest BCUT2D eigenvalue weighted by Gasteiger charge is -2.40. The van der Waals surface area contributed by atoms with E-state index in [0.29, 0.717) is 22.1 Å². The van der Waals surface area contributed by atoms with E-state index >= 15 is 0 Å². The Bertz CT molecular complexity index is 1330. The zero-order chi connectivity index (χ0) is 29.5. The molecular formula is C31H34ClNO8. The maximum atomic E-state index is 13.5. The van der Waals surface area contributed by atoms with E-state index in [9.17, 15) is 9.59 Å². The van der Waals surface area contributed by atoms with Crippen LogP contribution in [0.4, 0.5) is 5.69 Å². The van der Waals surface area contributed by atoms with Gasteiger partial charge in [0, 0.05) is 22.1 Å². The van der Waals surface area contributed by atoms with Gasteiger partial charge in [0.1, 0.15) is 18.3 Å². The number of allylic oxidation sites excluding steroid dienone is 2. The maximum absolute atomic E-state index is 13.5. The molecule has 0 radical (unpaired) electrons. The molecule has 3 aliphatic rings. The van der Waals surface area contributed by atoms with Gasteiger partial charge < -0.3 is 33.3 Å². The molecule has 2 fully saturated rings. The molecule has 218 valence electrons. The number of fused-ring (bicyclic) bond motifs is 1. The molecule has 9 nitrogen and oxygen atoms in total. The molecule has 0 unspecified atom stereocenters. The number of nitrogens with zero attached hydrogens (tertiary/aromatic N) is 1. The van der Waals surface area contributed by atoms with Crippen molar-refractivity contribution in [3.05, 3.63) is 87.7 Å². The van der Waals surface area contributed by atoms with Crippen LogP contribution in [0.25, 0.3) is 0 Å². The molecule has 0 amide bonds. The summed E-state index contributed by atoms with van der Waals surface area (Å²) in [5.41, 5.74) is 3.28. The summed E-state index contributed by atoms with van der Waals surface area (Å²) < 4.78 is 35.8. The average molecular weight is 584 g/mol. The molecule has 0 spiro atoms. The van der Waals surface area contributed by atoms with Crippen molar-refractivity contribution in [1.82, 2.24) is 0 Å². The number of halogens is 1. The Balaban J connectivity index is 1.63. The summed E-state index contributed by atoms with van der Waals surface area (Å²) in [7, 11) is 2.61. The Morgan fingerprint density at radius 3 is 2.02 bits per heavy atom. The number of anilines is 1. The van der Waals surface area contributed by atoms with Gasteiger partial charge >= 0.3 is 11.9 Å². The van der Waals surface area contributed by atoms with Crippen molar-refractivity contribution in [3.8, 4) is 0 Å². The lowest BCUT2D eigenvalue weighted by molar-refractivity contribution is -0.223. The SMILES string of the molecule is COC(=O)C1=C(C)N(c2ccc(Cl)cc2)C(C)=C(C(=O)OC)C1[C@@H]1O[C@H]2OC(C)(C)O[C@H]2[C@@H]1OCc1ccccc1. The molecule has 41 heavy (non-hydrogen) atoms. The van der Waals surface area contributed by atoms with Crippen LogP contribution in [0.5, 0.6) is 0 Å². The standard InChI is InChI=1S/C31H34ClNO8/c1-17-22(28(34)36-5)24(23(29(35)37-6)18(2)33(17)21-14-12-20(32)13-15-21)25-26(38-16-19-10-8-7-9-11-19)27-30(39-25)41-31(3,4)40-27/h7-15,24-27,30H,16H2,1-6H3/t25-,26+,27-,30-/m0/s1. The van der Waals surface area contributed by atoms with Crippen molar-refractivity contribution >= 4 is 29.2 Å². The second-order valence-corrected chi connectivity index (χ2v) is 11.0. The molecule has 0 aliphatic carbocycles. The summed E-state index contributed by atoms with van der Waals surface area (Å²) in [5.74, 6) is -3.02. The summed E-state index contributed by atoms with van der Waals surface area (Å²) in [4.78, 5) is 28.8. The van der Waals surface area contributed by atoms with Crippen LogP contribution in [0.2, 0.25) is 5.02 Å². The normalized spacial score (nSPS) is 25.9. The molecule has 0 saturated carbocycles. The van der Waals surface area contributed by atoms with Gasteiger partial charge in [-0.1, -0.05) is 41.9 Å². The number of rotatable bonds is 7. The third-order valence-corrected chi connectivity index (χ3v) is 7.86. The molecule has 0 N–H and O–H groups in total. The Morgan fingerprint density at radius 1 is 0.878 bits per heavy atom. The number of benzene rings is 2. The second kappa shape index (κ2) is 11.6. The smallest absolute Gasteiger partial charge is 0.336 e. The van der Waals surface area contributed by atoms with Gasteiger partial charge in [-0.05, 0) is 57.5 Å². The molecule has 3 heterocycles. The Morgan fingerprint density at radius 2 is 1.46 bits per heavy atom. The summed E-state index contributed by atoms with van der Waals surface area (Å²) in [6, 6.07) is 16.8. The van der Waals surface area contributed by atoms with Gasteiger partial charge in [-0.15, -0.1) is 0 Å². The molecule has 4 atom stereocenters. The summed E-state index contributed by atoms with van der Waals surface area (Å²) in [6.07, 6.45) is -2.92. The van der Waals surface area contributed by atoms with Crippen LogP contribution < -0.4 is 4.90 Å². The van der Waals surface area contributed by atoms with Gasteiger partial charge in [-0.25, -0.2) is 9.59 Å². The number of carbonyl (C=O) groups is 2. The van der Waals surface area contributed by atoms with E-state index in [4.69, 9.17) is 40.0 Å². The van der Waals surface area contributed by atoms with E-state index in [1.54, 1.807) is 39.8 Å². The zero-order valence-corrected chi connectivity index (χ0v) is 24.6. The molecule has 2 aromatic rings. The highest BCUT2D eigenvalue weighted by atomic mass is 35.5. The minimum absolute atomic E-state index is 0.242. The zero-order valence-electron chi connectivity index (χ0n) is 23.9. The highest BCUT2D eigenvalue weighted by molar-refractivity contribution is 6.30. The summed E-state index contributed by atoms with van der Waals surface area (Å²) >= 11 is 6.15. The van der Waals surface area contributed by atoms with Crippen LogP contribution in [0, 0.1) is 5.92 Å². The van der Waals surface area contributed by atoms with E-state index in [0.717, 1.165) is 5.56 Å². The second-order valence-electron chi connectivity index (χ2n) is 10.6. The molecule has 10 heteroatoms. The lowest BCUT2D eigenvalue weighted by Crippen LogP contribution is -2.47. The maximum Gasteiger partial charge on any atom is 0.336 e. The molecule has 0 bridgehead atoms. The predicted octanol–water partition coefficient (Wildman–Crippen LogP) is 5.13. The first-order chi connectivity index (χ1) is 19.6.